The number of H-pyrrole nitrogens is 2. The summed E-state index contributed by atoms with van der Waals surface area (Å²) in [6.07, 6.45) is 10.3. The predicted molar refractivity (Wildman–Crippen MR) is 278 cm³/mol. The molecule has 7 N–H and O–H groups in total. The van der Waals surface area contributed by atoms with E-state index < -0.39 is 0 Å². The van der Waals surface area contributed by atoms with Crippen LogP contribution in [0.4, 0.5) is 23.0 Å². The third kappa shape index (κ3) is 13.5. The van der Waals surface area contributed by atoms with Crippen LogP contribution < -0.4 is 25.8 Å². The molecule has 5 aromatic heterocycles. The van der Waals surface area contributed by atoms with Crippen LogP contribution in [0, 0.1) is 6.92 Å². The quantitative estimate of drug-likeness (QED) is 0.0756. The molecule has 68 heavy (non-hydrogen) atoms. The highest BCUT2D eigenvalue weighted by atomic mass is 16.5. The van der Waals surface area contributed by atoms with E-state index >= 15 is 0 Å². The Morgan fingerprint density at radius 2 is 1.15 bits per heavy atom. The van der Waals surface area contributed by atoms with Gasteiger partial charge in [-0.25, -0.2) is 15.0 Å². The molecule has 0 aliphatic rings. The van der Waals surface area contributed by atoms with E-state index in [1.807, 2.05) is 67.2 Å². The van der Waals surface area contributed by atoms with Crippen LogP contribution in [0.5, 0.6) is 23.0 Å². The van der Waals surface area contributed by atoms with E-state index in [1.165, 1.54) is 16.7 Å². The number of pyridine rings is 2. The molecule has 5 heterocycles. The van der Waals surface area contributed by atoms with Crippen LogP contribution in [-0.4, -0.2) is 58.7 Å². The second kappa shape index (κ2) is 23.0. The molecule has 0 spiro atoms. The number of ether oxygens (including phenoxy) is 2. The molecule has 4 aromatic carbocycles. The van der Waals surface area contributed by atoms with Crippen molar-refractivity contribution in [2.24, 2.45) is 7.05 Å². The number of rotatable bonds is 9. The van der Waals surface area contributed by atoms with Crippen molar-refractivity contribution in [1.29, 1.82) is 0 Å². The topological polar surface area (TPSA) is 190 Å². The minimum absolute atomic E-state index is 0. The Balaban J connectivity index is 0.000000211. The van der Waals surface area contributed by atoms with Gasteiger partial charge in [-0.05, 0) is 77.4 Å². The van der Waals surface area contributed by atoms with Gasteiger partial charge in [-0.2, -0.15) is 0 Å². The number of nitrogens with one attached hydrogen (secondary N) is 4. The van der Waals surface area contributed by atoms with Gasteiger partial charge in [0.05, 0.1) is 22.4 Å². The summed E-state index contributed by atoms with van der Waals surface area (Å²) in [5, 5.41) is 13.5. The lowest BCUT2D eigenvalue weighted by Crippen LogP contribution is -2.11. The van der Waals surface area contributed by atoms with E-state index in [0.29, 0.717) is 40.3 Å². The van der Waals surface area contributed by atoms with E-state index in [0.717, 1.165) is 46.9 Å². The number of aromatic amines is 2. The number of hydrogen-bond donors (Lipinski definition) is 6. The molecule has 0 aliphatic heterocycles. The van der Waals surface area contributed by atoms with Gasteiger partial charge in [0, 0.05) is 88.3 Å². The average molecular weight is 916 g/mol. The number of nitrogen functional groups attached to an aromatic ring is 1. The minimum Gasteiger partial charge on any atom is -0.457 e. The molecule has 14 heteroatoms. The van der Waals surface area contributed by atoms with E-state index in [4.69, 9.17) is 25.3 Å². The molecule has 14 nitrogen and oxygen atoms in total. The van der Waals surface area contributed by atoms with Crippen molar-refractivity contribution >= 4 is 34.0 Å². The second-order valence-corrected chi connectivity index (χ2v) is 17.6. The molecular formula is C54H65N11O3. The van der Waals surface area contributed by atoms with E-state index in [1.54, 1.807) is 49.3 Å². The van der Waals surface area contributed by atoms with E-state index in [-0.39, 0.29) is 18.3 Å². The molecule has 0 radical (unpaired) electrons. The third-order valence-corrected chi connectivity index (χ3v) is 10.4. The van der Waals surface area contributed by atoms with Gasteiger partial charge < -0.3 is 45.5 Å². The molecule has 0 amide bonds. The fraction of sp³-hybridized carbons (Fsp3) is 0.241. The lowest BCUT2D eigenvalue weighted by atomic mass is 9.86. The van der Waals surface area contributed by atoms with E-state index in [9.17, 15) is 0 Å². The number of aliphatic hydroxyl groups is 1. The number of nitrogens with two attached hydrogens (primary N) is 1. The maximum Gasteiger partial charge on any atom is 0.208 e. The Bertz CT molecular complexity index is 2970. The van der Waals surface area contributed by atoms with Gasteiger partial charge in [0.1, 0.15) is 34.4 Å². The first-order valence-corrected chi connectivity index (χ1v) is 21.8. The Hall–Kier alpha value is -7.97. The highest BCUT2D eigenvalue weighted by molar-refractivity contribution is 5.81. The SMILES string of the molecule is C.CNc1ccc(Oc2ccnc(-c3ncc[nH]3)c2)cc1N.CO.Cc1cccc(C(C)(C)C)c1.Cn1c(Nc2cccc(C(C)(C)C)c2)nc2cc(Oc3ccnc(-c4ncc[nH]4)c3)ccc21. The molecule has 9 aromatic rings. The zero-order chi connectivity index (χ0) is 48.1. The molecule has 0 aliphatic carbocycles. The summed E-state index contributed by atoms with van der Waals surface area (Å²) in [4.78, 5) is 27.9. The summed E-state index contributed by atoms with van der Waals surface area (Å²) in [6, 6.07) is 35.9. The summed E-state index contributed by atoms with van der Waals surface area (Å²) >= 11 is 0. The molecule has 0 atom stereocenters. The van der Waals surface area contributed by atoms with Crippen LogP contribution in [0.15, 0.2) is 146 Å². The first-order valence-electron chi connectivity index (χ1n) is 21.8. The number of nitrogens with zero attached hydrogens (tertiary/aromatic N) is 6. The van der Waals surface area contributed by atoms with Gasteiger partial charge in [0.25, 0.3) is 0 Å². The number of aromatic nitrogens is 8. The Labute approximate surface area is 400 Å². The molecule has 0 unspecified atom stereocenters. The molecule has 0 saturated carbocycles. The number of imidazole rings is 3. The van der Waals surface area contributed by atoms with Crippen LogP contribution >= 0.6 is 0 Å². The molecule has 9 rings (SSSR count). The maximum absolute atomic E-state index is 7.00. The van der Waals surface area contributed by atoms with Crippen LogP contribution in [0.25, 0.3) is 34.1 Å². The van der Waals surface area contributed by atoms with Crippen molar-refractivity contribution in [2.75, 3.05) is 30.5 Å². The van der Waals surface area contributed by atoms with Gasteiger partial charge in [0.2, 0.25) is 5.95 Å². The maximum atomic E-state index is 7.00. The van der Waals surface area contributed by atoms with Crippen LogP contribution in [-0.2, 0) is 17.9 Å². The number of fused-ring (bicyclic) bond motifs is 1. The normalized spacial score (nSPS) is 10.8. The summed E-state index contributed by atoms with van der Waals surface area (Å²) in [5.74, 6) is 4.91. The number of benzene rings is 4. The Morgan fingerprint density at radius 3 is 1.65 bits per heavy atom. The minimum atomic E-state index is 0. The van der Waals surface area contributed by atoms with Gasteiger partial charge in [-0.1, -0.05) is 90.9 Å². The number of aliphatic hydroxyl groups excluding tert-OH is 1. The Kier molecular flexibility index (Phi) is 17.2. The van der Waals surface area contributed by atoms with Crippen molar-refractivity contribution in [3.63, 3.8) is 0 Å². The molecular weight excluding hydrogens is 851 g/mol. The van der Waals surface area contributed by atoms with Crippen molar-refractivity contribution in [2.45, 2.75) is 66.7 Å². The first-order chi connectivity index (χ1) is 32.1. The van der Waals surface area contributed by atoms with Crippen molar-refractivity contribution in [3.05, 3.63) is 163 Å². The molecule has 0 fully saturated rings. The largest absolute Gasteiger partial charge is 0.457 e. The molecule has 354 valence electrons. The zero-order valence-corrected chi connectivity index (χ0v) is 39.9. The fourth-order valence-electron chi connectivity index (χ4n) is 6.78. The lowest BCUT2D eigenvalue weighted by Gasteiger charge is -2.20. The second-order valence-electron chi connectivity index (χ2n) is 17.6. The lowest BCUT2D eigenvalue weighted by molar-refractivity contribution is 0.399. The van der Waals surface area contributed by atoms with Crippen LogP contribution in [0.1, 0.15) is 65.7 Å². The standard InChI is InChI=1S/C26H26N6O.C15H15N5O.C11H16.CH4O.CH4/c1-26(2,3)17-6-5-7-18(14-17)30-25-31-21-15-19(8-9-23(21)32(25)4)33-20-10-11-27-22(16-20)24-28-12-13-29-24;1-17-13-3-2-10(8-12(13)16)21-11-4-5-18-14(9-11)15-19-6-7-20-15;1-9-6-5-7-10(8-9)11(2,3)4;1-2;/h5-16H,1-4H3,(H,28,29)(H,30,31);2-9,17H,16H2,1H3,(H,19,20);5-8H,1-4H3;2H,1H3;1H4. The monoisotopic (exact) mass is 916 g/mol. The van der Waals surface area contributed by atoms with Crippen LogP contribution in [0.2, 0.25) is 0 Å². The summed E-state index contributed by atoms with van der Waals surface area (Å²) in [5.41, 5.74) is 16.1. The highest BCUT2D eigenvalue weighted by Gasteiger charge is 2.16. The molecule has 0 bridgehead atoms. The Morgan fingerprint density at radius 1 is 0.618 bits per heavy atom. The van der Waals surface area contributed by atoms with Crippen molar-refractivity contribution < 1.29 is 14.6 Å². The highest BCUT2D eigenvalue weighted by Crippen LogP contribution is 2.32. The van der Waals surface area contributed by atoms with Crippen LogP contribution in [0.3, 0.4) is 0 Å². The smallest absolute Gasteiger partial charge is 0.208 e. The third-order valence-electron chi connectivity index (χ3n) is 10.4. The summed E-state index contributed by atoms with van der Waals surface area (Å²) < 4.78 is 13.9. The summed E-state index contributed by atoms with van der Waals surface area (Å²) in [7, 11) is 4.83. The van der Waals surface area contributed by atoms with Gasteiger partial charge in [-0.3, -0.25) is 9.97 Å². The number of hydrogen-bond acceptors (Lipinski definition) is 11. The summed E-state index contributed by atoms with van der Waals surface area (Å²) in [6.45, 7) is 15.5. The number of aryl methyl sites for hydroxylation is 2. The van der Waals surface area contributed by atoms with Gasteiger partial charge in [0.15, 0.2) is 11.6 Å². The van der Waals surface area contributed by atoms with E-state index in [2.05, 4.69) is 138 Å². The van der Waals surface area contributed by atoms with Gasteiger partial charge in [-0.15, -0.1) is 0 Å². The van der Waals surface area contributed by atoms with Crippen molar-refractivity contribution in [1.82, 2.24) is 39.5 Å². The molecule has 0 saturated heterocycles. The van der Waals surface area contributed by atoms with Gasteiger partial charge >= 0.3 is 0 Å². The predicted octanol–water partition coefficient (Wildman–Crippen LogP) is 12.6. The van der Waals surface area contributed by atoms with Crippen molar-refractivity contribution in [3.8, 4) is 46.0 Å². The first kappa shape index (κ1) is 51.0. The number of anilines is 4. The zero-order valence-electron chi connectivity index (χ0n) is 39.9. The average Bonchev–Trinajstić information content (AvgIpc) is 4.11. The fourth-order valence-corrected chi connectivity index (χ4v) is 6.78.